The van der Waals surface area contributed by atoms with Gasteiger partial charge in [0.1, 0.15) is 0 Å². The predicted molar refractivity (Wildman–Crippen MR) is 101 cm³/mol. The van der Waals surface area contributed by atoms with Gasteiger partial charge in [-0.05, 0) is 12.3 Å². The van der Waals surface area contributed by atoms with Crippen LogP contribution in [0.5, 0.6) is 23.5 Å². The predicted octanol–water partition coefficient (Wildman–Crippen LogP) is 0.517. The number of aromatic hydroxyl groups is 2. The molecule has 2 aromatic rings. The van der Waals surface area contributed by atoms with Gasteiger partial charge in [-0.2, -0.15) is 19.9 Å². The van der Waals surface area contributed by atoms with E-state index in [2.05, 4.69) is 19.9 Å². The van der Waals surface area contributed by atoms with Gasteiger partial charge in [0, 0.05) is 0 Å². The third-order valence-corrected chi connectivity index (χ3v) is 2.81. The fraction of sp³-hybridized carbons (Fsp3) is 0.467. The summed E-state index contributed by atoms with van der Waals surface area (Å²) in [4.78, 5) is 14.4. The van der Waals surface area contributed by atoms with Crippen LogP contribution in [-0.2, 0) is 0 Å². The molecule has 27 heavy (non-hydrogen) atoms. The maximum atomic E-state index is 9.21. The van der Waals surface area contributed by atoms with Crippen molar-refractivity contribution in [3.05, 3.63) is 0 Å². The van der Waals surface area contributed by atoms with Gasteiger partial charge < -0.3 is 42.6 Å². The Balaban J connectivity index is 0.000000271. The first-order chi connectivity index (χ1) is 12.6. The molecule has 0 radical (unpaired) electrons. The smallest absolute Gasteiger partial charge is 0.246 e. The molecule has 0 aliphatic rings. The highest BCUT2D eigenvalue weighted by Crippen LogP contribution is 2.28. The number of anilines is 4. The number of aromatic nitrogens is 4. The zero-order chi connectivity index (χ0) is 20.6. The van der Waals surface area contributed by atoms with Crippen LogP contribution in [-0.4, -0.2) is 43.4 Å². The van der Waals surface area contributed by atoms with Crippen molar-refractivity contribution in [1.29, 1.82) is 0 Å². The Morgan fingerprint density at radius 3 is 1.67 bits per heavy atom. The molecule has 0 unspecified atom stereocenters. The Morgan fingerprint density at radius 2 is 1.26 bits per heavy atom. The van der Waals surface area contributed by atoms with Crippen LogP contribution in [0.25, 0.3) is 0 Å². The first-order valence-electron chi connectivity index (χ1n) is 8.15. The van der Waals surface area contributed by atoms with Crippen LogP contribution in [0.15, 0.2) is 0 Å². The van der Waals surface area contributed by atoms with E-state index in [1.165, 1.54) is 0 Å². The molecule has 12 nitrogen and oxygen atoms in total. The molecule has 0 spiro atoms. The summed E-state index contributed by atoms with van der Waals surface area (Å²) in [6.07, 6.45) is 0.824. The fourth-order valence-electron chi connectivity index (χ4n) is 1.57. The molecule has 0 aliphatic carbocycles. The number of nitrogen functional groups attached to an aromatic ring is 4. The molecule has 0 saturated carbocycles. The first-order valence-corrected chi connectivity index (χ1v) is 8.15. The van der Waals surface area contributed by atoms with Gasteiger partial charge in [-0.3, -0.25) is 0 Å². The Hall–Kier alpha value is -3.44. The summed E-state index contributed by atoms with van der Waals surface area (Å²) >= 11 is 0. The van der Waals surface area contributed by atoms with Crippen LogP contribution in [0, 0.1) is 5.92 Å². The Morgan fingerprint density at radius 1 is 0.815 bits per heavy atom. The molecule has 2 aromatic heterocycles. The third kappa shape index (κ3) is 6.76. The maximum absolute atomic E-state index is 9.21. The fourth-order valence-corrected chi connectivity index (χ4v) is 1.57. The number of hydrogen-bond donors (Lipinski definition) is 6. The number of nitrogens with zero attached hydrogens (tertiary/aromatic N) is 4. The van der Waals surface area contributed by atoms with Crippen molar-refractivity contribution in [3.8, 4) is 23.5 Å². The van der Waals surface area contributed by atoms with Gasteiger partial charge in [0.15, 0.2) is 11.4 Å². The minimum Gasteiger partial charge on any atom is -0.492 e. The van der Waals surface area contributed by atoms with Crippen molar-refractivity contribution in [2.24, 2.45) is 5.92 Å². The summed E-state index contributed by atoms with van der Waals surface area (Å²) in [5.74, 6) is -0.216. The molecule has 0 amide bonds. The van der Waals surface area contributed by atoms with E-state index < -0.39 is 0 Å². The Kier molecular flexibility index (Phi) is 7.91. The van der Waals surface area contributed by atoms with Crippen LogP contribution < -0.4 is 32.4 Å². The van der Waals surface area contributed by atoms with Crippen molar-refractivity contribution in [2.75, 3.05) is 36.1 Å². The molecule has 2 heterocycles. The van der Waals surface area contributed by atoms with E-state index in [9.17, 15) is 5.11 Å². The summed E-state index contributed by atoms with van der Waals surface area (Å²) in [7, 11) is 0. The van der Waals surface area contributed by atoms with E-state index in [0.717, 1.165) is 6.42 Å². The monoisotopic (exact) mass is 382 g/mol. The minimum absolute atomic E-state index is 0.0138. The Bertz CT molecular complexity index is 757. The molecule has 0 atom stereocenters. The molecule has 0 fully saturated rings. The highest BCUT2D eigenvalue weighted by Gasteiger charge is 2.11. The quantitative estimate of drug-likeness (QED) is 0.403. The van der Waals surface area contributed by atoms with Crippen LogP contribution in [0.3, 0.4) is 0 Å². The van der Waals surface area contributed by atoms with Crippen molar-refractivity contribution in [2.45, 2.75) is 27.2 Å². The molecule has 0 aliphatic heterocycles. The molecule has 10 N–H and O–H groups in total. The van der Waals surface area contributed by atoms with E-state index in [1.807, 2.05) is 20.8 Å². The van der Waals surface area contributed by atoms with Crippen molar-refractivity contribution in [1.82, 2.24) is 19.9 Å². The molecule has 0 aromatic carbocycles. The average molecular weight is 382 g/mol. The minimum atomic E-state index is -0.351. The number of ether oxygens (including phenoxy) is 2. The molecule has 150 valence electrons. The van der Waals surface area contributed by atoms with Gasteiger partial charge in [0.05, 0.1) is 13.2 Å². The Labute approximate surface area is 156 Å². The zero-order valence-corrected chi connectivity index (χ0v) is 15.5. The molecular formula is C15H26N8O4. The maximum Gasteiger partial charge on any atom is 0.246 e. The van der Waals surface area contributed by atoms with E-state index in [4.69, 9.17) is 37.5 Å². The van der Waals surface area contributed by atoms with Gasteiger partial charge in [0.25, 0.3) is 0 Å². The third-order valence-electron chi connectivity index (χ3n) is 2.81. The van der Waals surface area contributed by atoms with Crippen molar-refractivity contribution < 1.29 is 19.7 Å². The number of nitrogens with two attached hydrogens (primary N) is 4. The van der Waals surface area contributed by atoms with E-state index in [-0.39, 0.29) is 46.8 Å². The van der Waals surface area contributed by atoms with E-state index in [0.29, 0.717) is 19.1 Å². The molecule has 0 saturated heterocycles. The lowest BCUT2D eigenvalue weighted by atomic mass is 10.2. The average Bonchev–Trinajstić information content (AvgIpc) is 2.59. The largest absolute Gasteiger partial charge is 0.492 e. The normalized spacial score (nSPS) is 10.2. The van der Waals surface area contributed by atoms with Crippen LogP contribution >= 0.6 is 0 Å². The lowest BCUT2D eigenvalue weighted by Gasteiger charge is -2.10. The summed E-state index contributed by atoms with van der Waals surface area (Å²) in [5.41, 5.74) is 21.5. The number of hydrogen-bond acceptors (Lipinski definition) is 12. The molecular weight excluding hydrogens is 356 g/mol. The van der Waals surface area contributed by atoms with Gasteiger partial charge in [0.2, 0.25) is 35.4 Å². The van der Waals surface area contributed by atoms with Crippen molar-refractivity contribution >= 4 is 23.3 Å². The highest BCUT2D eigenvalue weighted by molar-refractivity contribution is 5.58. The topological polar surface area (TPSA) is 215 Å². The zero-order valence-electron chi connectivity index (χ0n) is 15.5. The van der Waals surface area contributed by atoms with Gasteiger partial charge in [-0.25, -0.2) is 0 Å². The lowest BCUT2D eigenvalue weighted by Crippen LogP contribution is -2.09. The highest BCUT2D eigenvalue weighted by atomic mass is 16.5. The second-order valence-corrected chi connectivity index (χ2v) is 5.80. The first kappa shape index (κ1) is 21.6. The van der Waals surface area contributed by atoms with E-state index in [1.54, 1.807) is 0 Å². The standard InChI is InChI=1S/C8H14N4O2.C7H12N4O2/c1-4(2)3-14-7-5(9)6(13)11-8(10)12-7;1-2-3-13-6-4(8)5(12)10-7(9)11-6/h4H,3,9H2,1-2H3,(H3,10,11,12,13);2-3,8H2,1H3,(H3,9,10,11,12). The summed E-state index contributed by atoms with van der Waals surface area (Å²) in [6, 6.07) is 0. The van der Waals surface area contributed by atoms with Gasteiger partial charge in [-0.15, -0.1) is 0 Å². The van der Waals surface area contributed by atoms with Gasteiger partial charge in [-0.1, -0.05) is 20.8 Å². The second kappa shape index (κ2) is 9.89. The summed E-state index contributed by atoms with van der Waals surface area (Å²) in [5, 5.41) is 18.4. The SMILES string of the molecule is CC(C)COc1nc(N)nc(O)c1N.CCCOc1nc(N)nc(O)c1N. The van der Waals surface area contributed by atoms with Crippen LogP contribution in [0.2, 0.25) is 0 Å². The van der Waals surface area contributed by atoms with Crippen molar-refractivity contribution in [3.63, 3.8) is 0 Å². The van der Waals surface area contributed by atoms with E-state index >= 15 is 0 Å². The van der Waals surface area contributed by atoms with Crippen LogP contribution in [0.1, 0.15) is 27.2 Å². The summed E-state index contributed by atoms with van der Waals surface area (Å²) in [6.45, 7) is 6.85. The molecule has 2 rings (SSSR count). The lowest BCUT2D eigenvalue weighted by molar-refractivity contribution is 0.261. The number of rotatable bonds is 6. The summed E-state index contributed by atoms with van der Waals surface area (Å²) < 4.78 is 10.4. The van der Waals surface area contributed by atoms with Gasteiger partial charge >= 0.3 is 0 Å². The molecule has 12 heteroatoms. The molecule has 0 bridgehead atoms. The second-order valence-electron chi connectivity index (χ2n) is 5.80. The van der Waals surface area contributed by atoms with Crippen LogP contribution in [0.4, 0.5) is 23.3 Å².